The van der Waals surface area contributed by atoms with Crippen molar-refractivity contribution >= 4 is 5.91 Å². The molecule has 114 valence electrons. The van der Waals surface area contributed by atoms with Gasteiger partial charge in [0.1, 0.15) is 5.82 Å². The van der Waals surface area contributed by atoms with E-state index in [4.69, 9.17) is 0 Å². The lowest BCUT2D eigenvalue weighted by atomic mass is 9.91. The van der Waals surface area contributed by atoms with Crippen molar-refractivity contribution < 1.29 is 9.18 Å². The molecule has 1 saturated heterocycles. The van der Waals surface area contributed by atoms with Crippen molar-refractivity contribution in [2.45, 2.75) is 25.2 Å². The standard InChI is InChI=1S/C18H19FN2O/c19-16-7-5-15(6-8-16)17(12-14-4-3-9-20-13-14)18(22)21-10-1-2-11-21/h3-9,13,17H,1-2,10-12H2. The molecule has 3 nitrogen and oxygen atoms in total. The number of nitrogens with zero attached hydrogens (tertiary/aromatic N) is 2. The molecule has 1 fully saturated rings. The Labute approximate surface area is 129 Å². The number of aromatic nitrogens is 1. The summed E-state index contributed by atoms with van der Waals surface area (Å²) in [5.74, 6) is -0.423. The molecule has 1 atom stereocenters. The number of hydrogen-bond donors (Lipinski definition) is 0. The molecule has 1 aromatic heterocycles. The Morgan fingerprint density at radius 2 is 1.91 bits per heavy atom. The van der Waals surface area contributed by atoms with E-state index in [-0.39, 0.29) is 17.6 Å². The number of amides is 1. The van der Waals surface area contributed by atoms with Crippen LogP contribution in [0, 0.1) is 5.82 Å². The zero-order chi connectivity index (χ0) is 15.4. The van der Waals surface area contributed by atoms with E-state index in [9.17, 15) is 9.18 Å². The molecule has 0 bridgehead atoms. The molecule has 1 aliphatic rings. The molecule has 0 spiro atoms. The number of hydrogen-bond acceptors (Lipinski definition) is 2. The van der Waals surface area contributed by atoms with Gasteiger partial charge in [0.2, 0.25) is 5.91 Å². The molecule has 1 aliphatic heterocycles. The van der Waals surface area contributed by atoms with Crippen LogP contribution >= 0.6 is 0 Å². The smallest absolute Gasteiger partial charge is 0.230 e. The van der Waals surface area contributed by atoms with Crippen molar-refractivity contribution in [3.8, 4) is 0 Å². The first kappa shape index (κ1) is 14.7. The molecule has 2 heterocycles. The molecule has 0 N–H and O–H groups in total. The zero-order valence-electron chi connectivity index (χ0n) is 12.4. The molecule has 0 aliphatic carbocycles. The first-order valence-corrected chi connectivity index (χ1v) is 7.67. The maximum Gasteiger partial charge on any atom is 0.230 e. The van der Waals surface area contributed by atoms with Crippen LogP contribution in [-0.4, -0.2) is 28.9 Å². The van der Waals surface area contributed by atoms with Crippen molar-refractivity contribution in [3.63, 3.8) is 0 Å². The van der Waals surface area contributed by atoms with Crippen LogP contribution in [0.2, 0.25) is 0 Å². The van der Waals surface area contributed by atoms with Crippen LogP contribution in [0.5, 0.6) is 0 Å². The van der Waals surface area contributed by atoms with Gasteiger partial charge in [0.25, 0.3) is 0 Å². The fourth-order valence-electron chi connectivity index (χ4n) is 2.96. The maximum atomic E-state index is 13.2. The van der Waals surface area contributed by atoms with E-state index in [1.807, 2.05) is 17.0 Å². The summed E-state index contributed by atoms with van der Waals surface area (Å²) in [6.45, 7) is 1.65. The molecule has 3 rings (SSSR count). The van der Waals surface area contributed by atoms with Gasteiger partial charge in [0, 0.05) is 25.5 Å². The number of benzene rings is 1. The molecule has 2 aromatic rings. The highest BCUT2D eigenvalue weighted by atomic mass is 19.1. The van der Waals surface area contributed by atoms with Gasteiger partial charge < -0.3 is 4.90 Å². The summed E-state index contributed by atoms with van der Waals surface area (Å²) < 4.78 is 13.2. The van der Waals surface area contributed by atoms with E-state index in [1.165, 1.54) is 12.1 Å². The van der Waals surface area contributed by atoms with Gasteiger partial charge in [-0.3, -0.25) is 9.78 Å². The summed E-state index contributed by atoms with van der Waals surface area (Å²) >= 11 is 0. The van der Waals surface area contributed by atoms with Crippen LogP contribution in [0.4, 0.5) is 4.39 Å². The number of carbonyl (C=O) groups excluding carboxylic acids is 1. The molecule has 0 radical (unpaired) electrons. The van der Waals surface area contributed by atoms with Crippen molar-refractivity contribution in [1.29, 1.82) is 0 Å². The first-order valence-electron chi connectivity index (χ1n) is 7.67. The topological polar surface area (TPSA) is 33.2 Å². The Morgan fingerprint density at radius 1 is 1.18 bits per heavy atom. The highest BCUT2D eigenvalue weighted by Gasteiger charge is 2.28. The normalized spacial score (nSPS) is 15.8. The minimum atomic E-state index is -0.280. The predicted molar refractivity (Wildman–Crippen MR) is 82.9 cm³/mol. The monoisotopic (exact) mass is 298 g/mol. The predicted octanol–water partition coefficient (Wildman–Crippen LogP) is 3.17. The van der Waals surface area contributed by atoms with E-state index in [2.05, 4.69) is 4.98 Å². The lowest BCUT2D eigenvalue weighted by Gasteiger charge is -2.23. The second-order valence-corrected chi connectivity index (χ2v) is 5.70. The Bertz CT molecular complexity index is 621. The fourth-order valence-corrected chi connectivity index (χ4v) is 2.96. The lowest BCUT2D eigenvalue weighted by Crippen LogP contribution is -2.33. The van der Waals surface area contributed by atoms with Gasteiger partial charge in [0.15, 0.2) is 0 Å². The Balaban J connectivity index is 1.87. The molecule has 1 amide bonds. The van der Waals surface area contributed by atoms with Gasteiger partial charge in [-0.25, -0.2) is 4.39 Å². The summed E-state index contributed by atoms with van der Waals surface area (Å²) in [7, 11) is 0. The summed E-state index contributed by atoms with van der Waals surface area (Å²) in [4.78, 5) is 18.9. The van der Waals surface area contributed by atoms with E-state index < -0.39 is 0 Å². The van der Waals surface area contributed by atoms with Crippen LogP contribution in [0.25, 0.3) is 0 Å². The van der Waals surface area contributed by atoms with Gasteiger partial charge in [-0.15, -0.1) is 0 Å². The largest absolute Gasteiger partial charge is 0.342 e. The third kappa shape index (κ3) is 3.32. The van der Waals surface area contributed by atoms with E-state index >= 15 is 0 Å². The molecular weight excluding hydrogens is 279 g/mol. The minimum Gasteiger partial charge on any atom is -0.342 e. The fraction of sp³-hybridized carbons (Fsp3) is 0.333. The number of pyridine rings is 1. The van der Waals surface area contributed by atoms with Crippen LogP contribution in [0.15, 0.2) is 48.8 Å². The highest BCUT2D eigenvalue weighted by molar-refractivity contribution is 5.84. The van der Waals surface area contributed by atoms with Gasteiger partial charge in [0.05, 0.1) is 5.92 Å². The average molecular weight is 298 g/mol. The Kier molecular flexibility index (Phi) is 4.47. The summed E-state index contributed by atoms with van der Waals surface area (Å²) in [6, 6.07) is 10.1. The quantitative estimate of drug-likeness (QED) is 0.868. The minimum absolute atomic E-state index is 0.132. The zero-order valence-corrected chi connectivity index (χ0v) is 12.4. The van der Waals surface area contributed by atoms with Gasteiger partial charge >= 0.3 is 0 Å². The van der Waals surface area contributed by atoms with Crippen molar-refractivity contribution in [1.82, 2.24) is 9.88 Å². The second kappa shape index (κ2) is 6.69. The van der Waals surface area contributed by atoms with Crippen molar-refractivity contribution in [2.75, 3.05) is 13.1 Å². The molecular formula is C18H19FN2O. The Morgan fingerprint density at radius 3 is 2.55 bits per heavy atom. The molecule has 22 heavy (non-hydrogen) atoms. The van der Waals surface area contributed by atoms with Crippen LogP contribution in [0.3, 0.4) is 0 Å². The number of halogens is 1. The van der Waals surface area contributed by atoms with Crippen LogP contribution in [0.1, 0.15) is 29.9 Å². The molecule has 1 unspecified atom stereocenters. The van der Waals surface area contributed by atoms with E-state index in [1.54, 1.807) is 24.5 Å². The lowest BCUT2D eigenvalue weighted by molar-refractivity contribution is -0.131. The number of rotatable bonds is 4. The van der Waals surface area contributed by atoms with Gasteiger partial charge in [-0.2, -0.15) is 0 Å². The number of likely N-dealkylation sites (tertiary alicyclic amines) is 1. The van der Waals surface area contributed by atoms with Crippen molar-refractivity contribution in [2.24, 2.45) is 0 Å². The maximum absolute atomic E-state index is 13.2. The Hall–Kier alpha value is -2.23. The van der Waals surface area contributed by atoms with Gasteiger partial charge in [-0.05, 0) is 48.6 Å². The third-order valence-electron chi connectivity index (χ3n) is 4.15. The third-order valence-corrected chi connectivity index (χ3v) is 4.15. The second-order valence-electron chi connectivity index (χ2n) is 5.70. The van der Waals surface area contributed by atoms with E-state index in [0.717, 1.165) is 37.1 Å². The summed E-state index contributed by atoms with van der Waals surface area (Å²) in [5.41, 5.74) is 1.88. The molecule has 1 aromatic carbocycles. The first-order chi connectivity index (χ1) is 10.7. The summed E-state index contributed by atoms with van der Waals surface area (Å²) in [6.07, 6.45) is 6.23. The van der Waals surface area contributed by atoms with Crippen LogP contribution < -0.4 is 0 Å². The summed E-state index contributed by atoms with van der Waals surface area (Å²) in [5, 5.41) is 0. The average Bonchev–Trinajstić information content (AvgIpc) is 3.08. The highest BCUT2D eigenvalue weighted by Crippen LogP contribution is 2.25. The van der Waals surface area contributed by atoms with Crippen LogP contribution in [-0.2, 0) is 11.2 Å². The SMILES string of the molecule is O=C(C(Cc1cccnc1)c1ccc(F)cc1)N1CCCC1. The molecule has 4 heteroatoms. The number of carbonyl (C=O) groups is 1. The van der Waals surface area contributed by atoms with Gasteiger partial charge in [-0.1, -0.05) is 18.2 Å². The molecule has 0 saturated carbocycles. The van der Waals surface area contributed by atoms with E-state index in [0.29, 0.717) is 6.42 Å². The van der Waals surface area contributed by atoms with Crippen molar-refractivity contribution in [3.05, 3.63) is 65.7 Å².